The second-order valence-electron chi connectivity index (χ2n) is 4.46. The summed E-state index contributed by atoms with van der Waals surface area (Å²) in [5.74, 6) is -1.11. The van der Waals surface area contributed by atoms with Crippen LogP contribution < -0.4 is 10.6 Å². The lowest BCUT2D eigenvalue weighted by Gasteiger charge is -2.07. The predicted molar refractivity (Wildman–Crippen MR) is 75.0 cm³/mol. The molecule has 0 fully saturated rings. The first-order valence-electron chi connectivity index (χ1n) is 6.19. The molecule has 0 radical (unpaired) electrons. The summed E-state index contributed by atoms with van der Waals surface area (Å²) in [5, 5.41) is 18.2. The standard InChI is InChI=1S/C13H15N5O3/c1-8-9(7-18(2)17-8)5-15-13(21)16-10-3-4-11(12(19)20)14-6-10/h3-4,6-7H,5H2,1-2H3,(H,19,20)(H2,15,16,21). The third-order valence-corrected chi connectivity index (χ3v) is 2.79. The van der Waals surface area contributed by atoms with Crippen molar-refractivity contribution < 1.29 is 14.7 Å². The van der Waals surface area contributed by atoms with Crippen LogP contribution in [0.15, 0.2) is 24.5 Å². The van der Waals surface area contributed by atoms with Gasteiger partial charge in [0.05, 0.1) is 17.6 Å². The molecule has 2 amide bonds. The van der Waals surface area contributed by atoms with Gasteiger partial charge in [-0.05, 0) is 19.1 Å². The predicted octanol–water partition coefficient (Wildman–Crippen LogP) is 1.14. The van der Waals surface area contributed by atoms with Crippen LogP contribution >= 0.6 is 0 Å². The number of hydrogen-bond acceptors (Lipinski definition) is 4. The molecule has 8 heteroatoms. The van der Waals surface area contributed by atoms with Gasteiger partial charge in [-0.1, -0.05) is 0 Å². The Morgan fingerprint density at radius 3 is 2.67 bits per heavy atom. The van der Waals surface area contributed by atoms with E-state index in [1.165, 1.54) is 18.3 Å². The van der Waals surface area contributed by atoms with Gasteiger partial charge in [0.1, 0.15) is 5.69 Å². The maximum atomic E-state index is 11.7. The van der Waals surface area contributed by atoms with Gasteiger partial charge < -0.3 is 15.7 Å². The largest absolute Gasteiger partial charge is 0.477 e. The Balaban J connectivity index is 1.89. The molecule has 2 heterocycles. The molecule has 3 N–H and O–H groups in total. The summed E-state index contributed by atoms with van der Waals surface area (Å²) in [6.07, 6.45) is 3.12. The normalized spacial score (nSPS) is 10.2. The van der Waals surface area contributed by atoms with Crippen LogP contribution in [0, 0.1) is 6.92 Å². The van der Waals surface area contributed by atoms with Crippen LogP contribution in [0.3, 0.4) is 0 Å². The van der Waals surface area contributed by atoms with Crippen LogP contribution in [-0.2, 0) is 13.6 Å². The molecule has 0 atom stereocenters. The number of aromatic nitrogens is 3. The zero-order valence-corrected chi connectivity index (χ0v) is 11.6. The molecule has 0 aromatic carbocycles. The SMILES string of the molecule is Cc1nn(C)cc1CNC(=O)Nc1ccc(C(=O)O)nc1. The molecular weight excluding hydrogens is 274 g/mol. The monoisotopic (exact) mass is 289 g/mol. The first-order valence-corrected chi connectivity index (χ1v) is 6.19. The summed E-state index contributed by atoms with van der Waals surface area (Å²) < 4.78 is 1.68. The Bertz CT molecular complexity index is 663. The number of anilines is 1. The van der Waals surface area contributed by atoms with Crippen LogP contribution in [0.5, 0.6) is 0 Å². The first kappa shape index (κ1) is 14.5. The summed E-state index contributed by atoms with van der Waals surface area (Å²) in [5.41, 5.74) is 2.12. The lowest BCUT2D eigenvalue weighted by molar-refractivity contribution is 0.0690. The number of aromatic carboxylic acids is 1. The van der Waals surface area contributed by atoms with E-state index >= 15 is 0 Å². The molecule has 2 aromatic rings. The fraction of sp³-hybridized carbons (Fsp3) is 0.231. The third kappa shape index (κ3) is 3.78. The van der Waals surface area contributed by atoms with E-state index in [2.05, 4.69) is 20.7 Å². The summed E-state index contributed by atoms with van der Waals surface area (Å²) >= 11 is 0. The van der Waals surface area contributed by atoms with Crippen LogP contribution in [0.25, 0.3) is 0 Å². The Morgan fingerprint density at radius 1 is 1.38 bits per heavy atom. The molecule has 0 spiro atoms. The summed E-state index contributed by atoms with van der Waals surface area (Å²) in [6.45, 7) is 2.22. The third-order valence-electron chi connectivity index (χ3n) is 2.79. The molecule has 0 saturated carbocycles. The molecule has 2 aromatic heterocycles. The molecule has 21 heavy (non-hydrogen) atoms. The van der Waals surface area contributed by atoms with Gasteiger partial charge in [-0.15, -0.1) is 0 Å². The second kappa shape index (κ2) is 6.04. The van der Waals surface area contributed by atoms with E-state index in [9.17, 15) is 9.59 Å². The Morgan fingerprint density at radius 2 is 2.14 bits per heavy atom. The summed E-state index contributed by atoms with van der Waals surface area (Å²) in [6, 6.07) is 2.40. The highest BCUT2D eigenvalue weighted by molar-refractivity contribution is 5.90. The van der Waals surface area contributed by atoms with Crippen LogP contribution in [0.4, 0.5) is 10.5 Å². The number of aryl methyl sites for hydroxylation is 2. The van der Waals surface area contributed by atoms with E-state index in [1.807, 2.05) is 20.2 Å². The van der Waals surface area contributed by atoms with Crippen molar-refractivity contribution >= 4 is 17.7 Å². The number of hydrogen-bond donors (Lipinski definition) is 3. The van der Waals surface area contributed by atoms with E-state index in [4.69, 9.17) is 5.11 Å². The molecule has 0 aliphatic rings. The number of urea groups is 1. The fourth-order valence-corrected chi connectivity index (χ4v) is 1.77. The molecular formula is C13H15N5O3. The minimum absolute atomic E-state index is 0.0769. The van der Waals surface area contributed by atoms with E-state index in [1.54, 1.807) is 4.68 Å². The quantitative estimate of drug-likeness (QED) is 0.782. The van der Waals surface area contributed by atoms with Crippen molar-refractivity contribution in [3.63, 3.8) is 0 Å². The number of amides is 2. The van der Waals surface area contributed by atoms with Crippen LogP contribution in [-0.4, -0.2) is 31.9 Å². The van der Waals surface area contributed by atoms with Crippen molar-refractivity contribution in [2.45, 2.75) is 13.5 Å². The summed E-state index contributed by atoms with van der Waals surface area (Å²) in [4.78, 5) is 26.1. The van der Waals surface area contributed by atoms with E-state index in [0.29, 0.717) is 12.2 Å². The van der Waals surface area contributed by atoms with Crippen LogP contribution in [0.2, 0.25) is 0 Å². The zero-order valence-electron chi connectivity index (χ0n) is 11.6. The zero-order chi connectivity index (χ0) is 15.4. The highest BCUT2D eigenvalue weighted by atomic mass is 16.4. The van der Waals surface area contributed by atoms with Gasteiger partial charge in [0, 0.05) is 25.4 Å². The molecule has 0 unspecified atom stereocenters. The van der Waals surface area contributed by atoms with Gasteiger partial charge in [-0.2, -0.15) is 5.10 Å². The maximum absolute atomic E-state index is 11.7. The van der Waals surface area contributed by atoms with E-state index in [-0.39, 0.29) is 5.69 Å². The van der Waals surface area contributed by atoms with Crippen molar-refractivity contribution in [2.75, 3.05) is 5.32 Å². The van der Waals surface area contributed by atoms with Gasteiger partial charge in [0.15, 0.2) is 0 Å². The number of carbonyl (C=O) groups excluding carboxylic acids is 1. The van der Waals surface area contributed by atoms with Gasteiger partial charge >= 0.3 is 12.0 Å². The first-order chi connectivity index (χ1) is 9.95. The molecule has 8 nitrogen and oxygen atoms in total. The van der Waals surface area contributed by atoms with Gasteiger partial charge in [-0.25, -0.2) is 14.6 Å². The number of nitrogens with one attached hydrogen (secondary N) is 2. The average molecular weight is 289 g/mol. The Hall–Kier alpha value is -2.90. The minimum Gasteiger partial charge on any atom is -0.477 e. The van der Waals surface area contributed by atoms with Gasteiger partial charge in [0.2, 0.25) is 0 Å². The smallest absolute Gasteiger partial charge is 0.354 e. The second-order valence-corrected chi connectivity index (χ2v) is 4.46. The topological polar surface area (TPSA) is 109 Å². The molecule has 0 aliphatic heterocycles. The Labute approximate surface area is 120 Å². The van der Waals surface area contributed by atoms with Crippen molar-refractivity contribution in [3.8, 4) is 0 Å². The van der Waals surface area contributed by atoms with Crippen molar-refractivity contribution in [1.82, 2.24) is 20.1 Å². The number of pyridine rings is 1. The number of carboxylic acid groups (broad SMARTS) is 1. The van der Waals surface area contributed by atoms with Crippen molar-refractivity contribution in [1.29, 1.82) is 0 Å². The number of carbonyl (C=O) groups is 2. The Kier molecular flexibility index (Phi) is 4.17. The highest BCUT2D eigenvalue weighted by Gasteiger charge is 2.07. The summed E-state index contributed by atoms with van der Waals surface area (Å²) in [7, 11) is 1.81. The molecule has 0 saturated heterocycles. The van der Waals surface area contributed by atoms with E-state index in [0.717, 1.165) is 11.3 Å². The lowest BCUT2D eigenvalue weighted by atomic mass is 10.3. The van der Waals surface area contributed by atoms with Gasteiger partial charge in [-0.3, -0.25) is 4.68 Å². The minimum atomic E-state index is -1.11. The molecule has 2 rings (SSSR count). The number of rotatable bonds is 4. The van der Waals surface area contributed by atoms with Crippen molar-refractivity contribution in [2.24, 2.45) is 7.05 Å². The molecule has 110 valence electrons. The molecule has 0 aliphatic carbocycles. The number of carboxylic acids is 1. The van der Waals surface area contributed by atoms with E-state index < -0.39 is 12.0 Å². The highest BCUT2D eigenvalue weighted by Crippen LogP contribution is 2.07. The van der Waals surface area contributed by atoms with Gasteiger partial charge in [0.25, 0.3) is 0 Å². The average Bonchev–Trinajstić information content (AvgIpc) is 2.75. The van der Waals surface area contributed by atoms with Crippen LogP contribution in [0.1, 0.15) is 21.7 Å². The van der Waals surface area contributed by atoms with Crippen molar-refractivity contribution in [3.05, 3.63) is 41.5 Å². The molecule has 0 bridgehead atoms. The maximum Gasteiger partial charge on any atom is 0.354 e. The fourth-order valence-electron chi connectivity index (χ4n) is 1.77. The number of nitrogens with zero attached hydrogens (tertiary/aromatic N) is 3. The lowest BCUT2D eigenvalue weighted by Crippen LogP contribution is -2.28.